The van der Waals surface area contributed by atoms with Gasteiger partial charge in [0.2, 0.25) is 0 Å². The van der Waals surface area contributed by atoms with Gasteiger partial charge in [-0.15, -0.1) is 0 Å². The molecule has 1 saturated heterocycles. The molecule has 1 aliphatic rings. The fourth-order valence-electron chi connectivity index (χ4n) is 2.94. The summed E-state index contributed by atoms with van der Waals surface area (Å²) in [6, 6.07) is 0. The molecule has 18 heavy (non-hydrogen) atoms. The van der Waals surface area contributed by atoms with E-state index in [1.54, 1.807) is 0 Å². The summed E-state index contributed by atoms with van der Waals surface area (Å²) < 4.78 is 11.7. The number of hydrogen-bond acceptors (Lipinski definition) is 4. The van der Waals surface area contributed by atoms with Crippen molar-refractivity contribution in [2.45, 2.75) is 58.3 Å². The van der Waals surface area contributed by atoms with E-state index in [-0.39, 0.29) is 17.3 Å². The van der Waals surface area contributed by atoms with Crippen molar-refractivity contribution in [1.82, 2.24) is 4.90 Å². The summed E-state index contributed by atoms with van der Waals surface area (Å²) in [4.78, 5) is 2.46. The number of hydrogen-bond donors (Lipinski definition) is 1. The zero-order chi connectivity index (χ0) is 13.8. The Morgan fingerprint density at radius 1 is 1.22 bits per heavy atom. The SMILES string of the molecule is CCOC(CN)CCN1CC(C)(C)OC(C)(C)C1. The Morgan fingerprint density at radius 2 is 1.78 bits per heavy atom. The molecule has 4 heteroatoms. The van der Waals surface area contributed by atoms with Crippen LogP contribution in [0.2, 0.25) is 0 Å². The van der Waals surface area contributed by atoms with Crippen molar-refractivity contribution in [3.05, 3.63) is 0 Å². The quantitative estimate of drug-likeness (QED) is 0.786. The zero-order valence-corrected chi connectivity index (χ0v) is 12.7. The highest BCUT2D eigenvalue weighted by Crippen LogP contribution is 2.28. The average molecular weight is 258 g/mol. The van der Waals surface area contributed by atoms with E-state index in [4.69, 9.17) is 15.2 Å². The lowest BCUT2D eigenvalue weighted by Crippen LogP contribution is -2.57. The molecule has 0 saturated carbocycles. The maximum absolute atomic E-state index is 6.07. The maximum Gasteiger partial charge on any atom is 0.0760 e. The molecule has 0 bridgehead atoms. The molecular weight excluding hydrogens is 228 g/mol. The summed E-state index contributed by atoms with van der Waals surface area (Å²) >= 11 is 0. The van der Waals surface area contributed by atoms with Crippen molar-refractivity contribution < 1.29 is 9.47 Å². The standard InChI is InChI=1S/C14H30N2O2/c1-6-17-12(9-15)7-8-16-10-13(2,3)18-14(4,5)11-16/h12H,6-11,15H2,1-5H3. The molecule has 1 unspecified atom stereocenters. The van der Waals surface area contributed by atoms with E-state index in [0.717, 1.165) is 32.7 Å². The molecule has 4 nitrogen and oxygen atoms in total. The minimum atomic E-state index is -0.0778. The van der Waals surface area contributed by atoms with Crippen LogP contribution >= 0.6 is 0 Å². The van der Waals surface area contributed by atoms with Crippen LogP contribution in [-0.2, 0) is 9.47 Å². The summed E-state index contributed by atoms with van der Waals surface area (Å²) in [5, 5.41) is 0. The Labute approximate surface area is 112 Å². The molecule has 0 aliphatic carbocycles. The summed E-state index contributed by atoms with van der Waals surface area (Å²) in [7, 11) is 0. The van der Waals surface area contributed by atoms with Crippen LogP contribution in [0.3, 0.4) is 0 Å². The van der Waals surface area contributed by atoms with E-state index in [1.165, 1.54) is 0 Å². The van der Waals surface area contributed by atoms with Gasteiger partial charge in [-0.1, -0.05) is 0 Å². The topological polar surface area (TPSA) is 47.7 Å². The van der Waals surface area contributed by atoms with Crippen molar-refractivity contribution in [2.24, 2.45) is 5.73 Å². The second kappa shape index (κ2) is 6.33. The second-order valence-electron chi connectivity index (χ2n) is 6.43. The molecule has 0 aromatic carbocycles. The van der Waals surface area contributed by atoms with Gasteiger partial charge in [-0.3, -0.25) is 4.90 Å². The highest BCUT2D eigenvalue weighted by atomic mass is 16.5. The molecule has 0 aromatic heterocycles. The van der Waals surface area contributed by atoms with Crippen molar-refractivity contribution in [2.75, 3.05) is 32.8 Å². The van der Waals surface area contributed by atoms with Crippen molar-refractivity contribution in [3.63, 3.8) is 0 Å². The number of nitrogens with two attached hydrogens (primary N) is 1. The van der Waals surface area contributed by atoms with E-state index >= 15 is 0 Å². The van der Waals surface area contributed by atoms with Crippen LogP contribution < -0.4 is 5.73 Å². The largest absolute Gasteiger partial charge is 0.377 e. The van der Waals surface area contributed by atoms with Gasteiger partial charge >= 0.3 is 0 Å². The Kier molecular flexibility index (Phi) is 5.59. The summed E-state index contributed by atoms with van der Waals surface area (Å²) in [6.07, 6.45) is 1.18. The lowest BCUT2D eigenvalue weighted by Gasteiger charge is -2.47. The molecule has 0 radical (unpaired) electrons. The fourth-order valence-corrected chi connectivity index (χ4v) is 2.94. The van der Waals surface area contributed by atoms with Crippen LogP contribution in [0.25, 0.3) is 0 Å². The van der Waals surface area contributed by atoms with Crippen LogP contribution in [0.4, 0.5) is 0 Å². The molecule has 0 amide bonds. The first kappa shape index (κ1) is 15.9. The Hall–Kier alpha value is -0.160. The third-order valence-corrected chi connectivity index (χ3v) is 3.19. The van der Waals surface area contributed by atoms with Gasteiger partial charge in [0.15, 0.2) is 0 Å². The maximum atomic E-state index is 6.07. The van der Waals surface area contributed by atoms with Crippen LogP contribution in [0.15, 0.2) is 0 Å². The fraction of sp³-hybridized carbons (Fsp3) is 1.00. The molecule has 0 spiro atoms. The third kappa shape index (κ3) is 5.22. The van der Waals surface area contributed by atoms with Gasteiger partial charge < -0.3 is 15.2 Å². The Morgan fingerprint density at radius 3 is 2.22 bits per heavy atom. The van der Waals surface area contributed by atoms with Crippen LogP contribution in [-0.4, -0.2) is 55.0 Å². The Balaban J connectivity index is 2.46. The van der Waals surface area contributed by atoms with Crippen molar-refractivity contribution >= 4 is 0 Å². The van der Waals surface area contributed by atoms with Gasteiger partial charge in [0.25, 0.3) is 0 Å². The summed E-state index contributed by atoms with van der Waals surface area (Å²) in [5.41, 5.74) is 5.56. The van der Waals surface area contributed by atoms with Crippen LogP contribution in [0.5, 0.6) is 0 Å². The smallest absolute Gasteiger partial charge is 0.0760 e. The minimum Gasteiger partial charge on any atom is -0.377 e. The van der Waals surface area contributed by atoms with E-state index in [9.17, 15) is 0 Å². The molecule has 1 fully saturated rings. The highest BCUT2D eigenvalue weighted by Gasteiger charge is 2.37. The van der Waals surface area contributed by atoms with Crippen LogP contribution in [0, 0.1) is 0 Å². The van der Waals surface area contributed by atoms with E-state index in [2.05, 4.69) is 32.6 Å². The van der Waals surface area contributed by atoms with Gasteiger partial charge in [0, 0.05) is 32.8 Å². The molecule has 1 atom stereocenters. The second-order valence-corrected chi connectivity index (χ2v) is 6.43. The average Bonchev–Trinajstić information content (AvgIpc) is 2.19. The number of ether oxygens (including phenoxy) is 2. The van der Waals surface area contributed by atoms with E-state index in [1.807, 2.05) is 6.92 Å². The van der Waals surface area contributed by atoms with Gasteiger partial charge in [0.1, 0.15) is 0 Å². The number of rotatable bonds is 6. The number of morpholine rings is 1. The molecular formula is C14H30N2O2. The molecule has 1 aliphatic heterocycles. The van der Waals surface area contributed by atoms with Crippen molar-refractivity contribution in [3.8, 4) is 0 Å². The Bertz CT molecular complexity index is 238. The summed E-state index contributed by atoms with van der Waals surface area (Å²) in [6.45, 7) is 15.0. The molecule has 108 valence electrons. The van der Waals surface area contributed by atoms with Gasteiger partial charge in [-0.2, -0.15) is 0 Å². The minimum absolute atomic E-state index is 0.0778. The number of nitrogens with zero attached hydrogens (tertiary/aromatic N) is 1. The van der Waals surface area contributed by atoms with Gasteiger partial charge in [0.05, 0.1) is 17.3 Å². The zero-order valence-electron chi connectivity index (χ0n) is 12.7. The van der Waals surface area contributed by atoms with E-state index < -0.39 is 0 Å². The molecule has 1 heterocycles. The molecule has 1 rings (SSSR count). The third-order valence-electron chi connectivity index (χ3n) is 3.19. The monoisotopic (exact) mass is 258 g/mol. The first-order chi connectivity index (χ1) is 8.28. The van der Waals surface area contributed by atoms with Gasteiger partial charge in [-0.25, -0.2) is 0 Å². The molecule has 0 aromatic rings. The lowest BCUT2D eigenvalue weighted by molar-refractivity contribution is -0.181. The lowest BCUT2D eigenvalue weighted by atomic mass is 9.98. The predicted octanol–water partition coefficient (Wildman–Crippen LogP) is 1.63. The summed E-state index contributed by atoms with van der Waals surface area (Å²) in [5.74, 6) is 0. The van der Waals surface area contributed by atoms with Crippen molar-refractivity contribution in [1.29, 1.82) is 0 Å². The predicted molar refractivity (Wildman–Crippen MR) is 74.8 cm³/mol. The first-order valence-corrected chi connectivity index (χ1v) is 7.02. The van der Waals surface area contributed by atoms with Gasteiger partial charge in [-0.05, 0) is 41.0 Å². The first-order valence-electron chi connectivity index (χ1n) is 7.02. The van der Waals surface area contributed by atoms with E-state index in [0.29, 0.717) is 6.54 Å². The normalized spacial score (nSPS) is 25.0. The highest BCUT2D eigenvalue weighted by molar-refractivity contribution is 4.89. The molecule has 2 N–H and O–H groups in total. The van der Waals surface area contributed by atoms with Crippen LogP contribution in [0.1, 0.15) is 41.0 Å².